The fourth-order valence-corrected chi connectivity index (χ4v) is 4.70. The van der Waals surface area contributed by atoms with Crippen LogP contribution in [0.4, 0.5) is 0 Å². The van der Waals surface area contributed by atoms with Crippen molar-refractivity contribution in [1.82, 2.24) is 0 Å². The molecule has 1 aromatic carbocycles. The summed E-state index contributed by atoms with van der Waals surface area (Å²) in [6.07, 6.45) is 7.21. The maximum atomic E-state index is 12.3. The maximum absolute atomic E-state index is 12.3. The molecule has 0 aromatic heterocycles. The number of Topliss-reactive ketones (excluding diaryl/α,β-unsaturated/α-hetero) is 1. The molecule has 1 aromatic rings. The number of hydrogen-bond acceptors (Lipinski definition) is 4. The Hall–Kier alpha value is -1.10. The molecular weight excluding hydrogens is 332 g/mol. The summed E-state index contributed by atoms with van der Waals surface area (Å²) in [5.74, 6) is 2.86. The van der Waals surface area contributed by atoms with Gasteiger partial charge in [-0.2, -0.15) is 11.8 Å². The average Bonchev–Trinajstić information content (AvgIpc) is 3.22. The summed E-state index contributed by atoms with van der Waals surface area (Å²) in [4.78, 5) is 12.3. The summed E-state index contributed by atoms with van der Waals surface area (Å²) >= 11 is 1.82. The molecule has 2 aliphatic heterocycles. The lowest BCUT2D eigenvalue weighted by Gasteiger charge is -2.25. The number of hydrogen-bond donors (Lipinski definition) is 1. The highest BCUT2D eigenvalue weighted by Crippen LogP contribution is 2.46. The number of fused-ring (bicyclic) bond motifs is 2. The minimum atomic E-state index is -0.599. The molecule has 0 radical (unpaired) electrons. The third-order valence-electron chi connectivity index (χ3n) is 5.34. The second-order valence-electron chi connectivity index (χ2n) is 6.96. The Morgan fingerprint density at radius 2 is 2.08 bits per heavy atom. The largest absolute Gasteiger partial charge is 0.384 e. The second kappa shape index (κ2) is 9.02. The molecule has 2 saturated heterocycles. The van der Waals surface area contributed by atoms with Gasteiger partial charge in [0, 0.05) is 30.4 Å². The number of thioether (sulfide) groups is 1. The van der Waals surface area contributed by atoms with E-state index in [0.717, 1.165) is 29.9 Å². The van der Waals surface area contributed by atoms with Crippen LogP contribution in [0.2, 0.25) is 0 Å². The first-order valence-electron chi connectivity index (χ1n) is 9.35. The van der Waals surface area contributed by atoms with Gasteiger partial charge in [0.25, 0.3) is 0 Å². The van der Waals surface area contributed by atoms with Crippen LogP contribution >= 0.6 is 11.8 Å². The monoisotopic (exact) mass is 360 g/mol. The lowest BCUT2D eigenvalue weighted by atomic mass is 9.76. The standard InChI is InChI=1S/C21H28O3S/c1-2-25-13-12-16(22)14-18-17(20-10-11-21(18)24-20)8-9-19(23)15-6-4-3-5-7-15/h3-9,17-21,23H,2,10-14H2,1H3/t17-,18+,19?,20-,21+/m0/s1. The van der Waals surface area contributed by atoms with E-state index in [4.69, 9.17) is 4.74 Å². The van der Waals surface area contributed by atoms with E-state index in [9.17, 15) is 9.90 Å². The number of carbonyl (C=O) groups excluding carboxylic acids is 1. The molecule has 4 heteroatoms. The van der Waals surface area contributed by atoms with Gasteiger partial charge in [0.05, 0.1) is 18.3 Å². The molecule has 0 saturated carbocycles. The smallest absolute Gasteiger partial charge is 0.134 e. The molecule has 1 unspecified atom stereocenters. The number of aliphatic hydroxyl groups is 1. The van der Waals surface area contributed by atoms with Crippen LogP contribution in [0.25, 0.3) is 0 Å². The van der Waals surface area contributed by atoms with Crippen LogP contribution in [0.15, 0.2) is 42.5 Å². The van der Waals surface area contributed by atoms with Gasteiger partial charge in [0.2, 0.25) is 0 Å². The molecule has 5 atom stereocenters. The van der Waals surface area contributed by atoms with Gasteiger partial charge in [-0.05, 0) is 24.2 Å². The minimum Gasteiger partial charge on any atom is -0.384 e. The molecule has 2 aliphatic rings. The predicted octanol–water partition coefficient (Wildman–Crippen LogP) is 4.17. The SMILES string of the molecule is CCSCCC(=O)C[C@@H]1[C@H](C=CC(O)c2ccccc2)[C@@H]2CC[C@H]1O2. The van der Waals surface area contributed by atoms with E-state index in [2.05, 4.69) is 13.0 Å². The summed E-state index contributed by atoms with van der Waals surface area (Å²) in [5, 5.41) is 10.4. The number of aliphatic hydroxyl groups excluding tert-OH is 1. The number of ether oxygens (including phenoxy) is 1. The van der Waals surface area contributed by atoms with Gasteiger partial charge in [0.1, 0.15) is 5.78 Å². The predicted molar refractivity (Wildman–Crippen MR) is 103 cm³/mol. The fraction of sp³-hybridized carbons (Fsp3) is 0.571. The summed E-state index contributed by atoms with van der Waals surface area (Å²) in [5.41, 5.74) is 0.895. The van der Waals surface area contributed by atoms with Crippen LogP contribution in [0, 0.1) is 11.8 Å². The molecular formula is C21H28O3S. The Balaban J connectivity index is 1.60. The van der Waals surface area contributed by atoms with Gasteiger partial charge in [-0.1, -0.05) is 49.4 Å². The molecule has 0 aliphatic carbocycles. The van der Waals surface area contributed by atoms with E-state index >= 15 is 0 Å². The van der Waals surface area contributed by atoms with E-state index in [1.54, 1.807) is 0 Å². The third-order valence-corrected chi connectivity index (χ3v) is 6.24. The van der Waals surface area contributed by atoms with Gasteiger partial charge in [-0.25, -0.2) is 0 Å². The Labute approximate surface area is 154 Å². The van der Waals surface area contributed by atoms with E-state index in [-0.39, 0.29) is 24.0 Å². The van der Waals surface area contributed by atoms with Crippen molar-refractivity contribution in [3.63, 3.8) is 0 Å². The topological polar surface area (TPSA) is 46.5 Å². The lowest BCUT2D eigenvalue weighted by molar-refractivity contribution is -0.120. The van der Waals surface area contributed by atoms with Crippen molar-refractivity contribution >= 4 is 17.5 Å². The quantitative estimate of drug-likeness (QED) is 0.530. The molecule has 25 heavy (non-hydrogen) atoms. The van der Waals surface area contributed by atoms with Crippen LogP contribution < -0.4 is 0 Å². The van der Waals surface area contributed by atoms with Crippen molar-refractivity contribution in [3.05, 3.63) is 48.0 Å². The summed E-state index contributed by atoms with van der Waals surface area (Å²) in [7, 11) is 0. The van der Waals surface area contributed by atoms with Crippen molar-refractivity contribution in [2.75, 3.05) is 11.5 Å². The van der Waals surface area contributed by atoms with Gasteiger partial charge in [-0.15, -0.1) is 0 Å². The Morgan fingerprint density at radius 1 is 1.32 bits per heavy atom. The van der Waals surface area contributed by atoms with E-state index in [1.165, 1.54) is 0 Å². The maximum Gasteiger partial charge on any atom is 0.134 e. The molecule has 2 heterocycles. The van der Waals surface area contributed by atoms with Crippen molar-refractivity contribution in [1.29, 1.82) is 0 Å². The first-order valence-corrected chi connectivity index (χ1v) is 10.5. The van der Waals surface area contributed by atoms with Crippen molar-refractivity contribution in [3.8, 4) is 0 Å². The average molecular weight is 361 g/mol. The van der Waals surface area contributed by atoms with Crippen LogP contribution in [-0.2, 0) is 9.53 Å². The zero-order chi connectivity index (χ0) is 17.6. The zero-order valence-electron chi connectivity index (χ0n) is 14.8. The Morgan fingerprint density at radius 3 is 2.84 bits per heavy atom. The molecule has 3 rings (SSSR count). The Bertz CT molecular complexity index is 586. The van der Waals surface area contributed by atoms with Crippen LogP contribution in [0.3, 0.4) is 0 Å². The van der Waals surface area contributed by atoms with Crippen molar-refractivity contribution in [2.45, 2.75) is 50.9 Å². The van der Waals surface area contributed by atoms with Crippen molar-refractivity contribution < 1.29 is 14.6 Å². The first kappa shape index (κ1) is 18.7. The van der Waals surface area contributed by atoms with Crippen LogP contribution in [0.1, 0.15) is 44.3 Å². The van der Waals surface area contributed by atoms with Gasteiger partial charge < -0.3 is 9.84 Å². The van der Waals surface area contributed by atoms with Gasteiger partial charge in [-0.3, -0.25) is 4.79 Å². The normalized spacial score (nSPS) is 29.4. The van der Waals surface area contributed by atoms with E-state index in [1.807, 2.05) is 48.2 Å². The fourth-order valence-electron chi connectivity index (χ4n) is 4.04. The summed E-state index contributed by atoms with van der Waals surface area (Å²) in [6, 6.07) is 9.67. The van der Waals surface area contributed by atoms with Gasteiger partial charge >= 0.3 is 0 Å². The second-order valence-corrected chi connectivity index (χ2v) is 8.36. The number of rotatable bonds is 9. The van der Waals surface area contributed by atoms with E-state index in [0.29, 0.717) is 18.6 Å². The highest BCUT2D eigenvalue weighted by molar-refractivity contribution is 7.99. The molecule has 2 bridgehead atoms. The summed E-state index contributed by atoms with van der Waals surface area (Å²) in [6.45, 7) is 2.12. The summed E-state index contributed by atoms with van der Waals surface area (Å²) < 4.78 is 6.07. The molecule has 136 valence electrons. The molecule has 3 nitrogen and oxygen atoms in total. The molecule has 1 N–H and O–H groups in total. The minimum absolute atomic E-state index is 0.215. The lowest BCUT2D eigenvalue weighted by Crippen LogP contribution is -2.28. The zero-order valence-corrected chi connectivity index (χ0v) is 15.7. The van der Waals surface area contributed by atoms with Gasteiger partial charge in [0.15, 0.2) is 0 Å². The highest BCUT2D eigenvalue weighted by Gasteiger charge is 2.48. The first-order chi connectivity index (χ1) is 12.2. The molecule has 0 spiro atoms. The van der Waals surface area contributed by atoms with Crippen molar-refractivity contribution in [2.24, 2.45) is 11.8 Å². The third kappa shape index (κ3) is 4.75. The number of carbonyl (C=O) groups is 1. The molecule has 2 fully saturated rings. The highest BCUT2D eigenvalue weighted by atomic mass is 32.2. The number of benzene rings is 1. The van der Waals surface area contributed by atoms with E-state index < -0.39 is 6.10 Å². The Kier molecular flexibility index (Phi) is 6.74. The number of ketones is 1. The molecule has 0 amide bonds. The van der Waals surface area contributed by atoms with Crippen LogP contribution in [-0.4, -0.2) is 34.6 Å². The van der Waals surface area contributed by atoms with Crippen LogP contribution in [0.5, 0.6) is 0 Å².